The Morgan fingerprint density at radius 3 is 2.32 bits per heavy atom. The lowest BCUT2D eigenvalue weighted by Gasteiger charge is -2.29. The molecule has 2 aromatic rings. The molecule has 0 aliphatic carbocycles. The van der Waals surface area contributed by atoms with Crippen LogP contribution in [0, 0.1) is 0 Å². The van der Waals surface area contributed by atoms with Crippen LogP contribution in [0.4, 0.5) is 0 Å². The standard InChI is InChI=1S/C21H23NO3/c23-19(16-8-3-1-4-9-16)13-14-20(24)22-15-7-12-18(22)21(25)17-10-5-2-6-11-17/h1-6,8-11,18,21,25H,7,12-15H2/t18-,21+/m0/s1. The van der Waals surface area contributed by atoms with Crippen LogP contribution in [0.15, 0.2) is 60.7 Å². The van der Waals surface area contributed by atoms with Crippen LogP contribution in [-0.2, 0) is 4.79 Å². The van der Waals surface area contributed by atoms with Gasteiger partial charge in [-0.25, -0.2) is 0 Å². The minimum absolute atomic E-state index is 0.0201. The molecular formula is C21H23NO3. The fraction of sp³-hybridized carbons (Fsp3) is 0.333. The summed E-state index contributed by atoms with van der Waals surface area (Å²) in [5.41, 5.74) is 1.46. The van der Waals surface area contributed by atoms with Gasteiger partial charge in [0.1, 0.15) is 0 Å². The number of amides is 1. The van der Waals surface area contributed by atoms with Crippen molar-refractivity contribution in [2.24, 2.45) is 0 Å². The first-order chi connectivity index (χ1) is 12.2. The Morgan fingerprint density at radius 2 is 1.64 bits per heavy atom. The lowest BCUT2D eigenvalue weighted by molar-refractivity contribution is -0.134. The minimum atomic E-state index is -0.683. The van der Waals surface area contributed by atoms with Gasteiger partial charge in [0, 0.05) is 24.9 Å². The third-order valence-electron chi connectivity index (χ3n) is 4.79. The number of carbonyl (C=O) groups is 2. The summed E-state index contributed by atoms with van der Waals surface area (Å²) in [6.45, 7) is 0.646. The summed E-state index contributed by atoms with van der Waals surface area (Å²) in [4.78, 5) is 26.5. The molecule has 1 aliphatic heterocycles. The van der Waals surface area contributed by atoms with Crippen molar-refractivity contribution >= 4 is 11.7 Å². The van der Waals surface area contributed by atoms with Gasteiger partial charge in [0.2, 0.25) is 5.91 Å². The maximum Gasteiger partial charge on any atom is 0.223 e. The van der Waals surface area contributed by atoms with Gasteiger partial charge in [-0.15, -0.1) is 0 Å². The van der Waals surface area contributed by atoms with E-state index in [1.165, 1.54) is 0 Å². The Balaban J connectivity index is 1.60. The van der Waals surface area contributed by atoms with E-state index in [0.717, 1.165) is 18.4 Å². The average molecular weight is 337 g/mol. The van der Waals surface area contributed by atoms with Gasteiger partial charge in [0.15, 0.2) is 5.78 Å². The maximum atomic E-state index is 12.6. The molecule has 130 valence electrons. The molecule has 0 saturated carbocycles. The predicted molar refractivity (Wildman–Crippen MR) is 96.1 cm³/mol. The Hall–Kier alpha value is -2.46. The Bertz CT molecular complexity index is 714. The van der Waals surface area contributed by atoms with Crippen LogP contribution in [-0.4, -0.2) is 34.3 Å². The molecule has 0 radical (unpaired) electrons. The van der Waals surface area contributed by atoms with Gasteiger partial charge >= 0.3 is 0 Å². The highest BCUT2D eigenvalue weighted by Crippen LogP contribution is 2.30. The lowest BCUT2D eigenvalue weighted by Crippen LogP contribution is -2.39. The molecule has 4 heteroatoms. The van der Waals surface area contributed by atoms with Crippen LogP contribution >= 0.6 is 0 Å². The lowest BCUT2D eigenvalue weighted by atomic mass is 10.00. The van der Waals surface area contributed by atoms with Crippen molar-refractivity contribution in [1.29, 1.82) is 0 Å². The summed E-state index contributed by atoms with van der Waals surface area (Å²) in [6.07, 6.45) is 1.37. The first-order valence-electron chi connectivity index (χ1n) is 8.77. The number of ketones is 1. The molecule has 2 aromatic carbocycles. The number of Topliss-reactive ketones (excluding diaryl/α,β-unsaturated/α-hetero) is 1. The van der Waals surface area contributed by atoms with Crippen LogP contribution in [0.25, 0.3) is 0 Å². The molecule has 1 N–H and O–H groups in total. The van der Waals surface area contributed by atoms with Crippen LogP contribution in [0.2, 0.25) is 0 Å². The largest absolute Gasteiger partial charge is 0.386 e. The summed E-state index contributed by atoms with van der Waals surface area (Å²) in [5, 5.41) is 10.6. The first-order valence-corrected chi connectivity index (χ1v) is 8.77. The highest BCUT2D eigenvalue weighted by molar-refractivity contribution is 5.97. The van der Waals surface area contributed by atoms with Gasteiger partial charge in [-0.3, -0.25) is 9.59 Å². The molecular weight excluding hydrogens is 314 g/mol. The number of aliphatic hydroxyl groups excluding tert-OH is 1. The molecule has 4 nitrogen and oxygen atoms in total. The Kier molecular flexibility index (Phi) is 5.61. The highest BCUT2D eigenvalue weighted by Gasteiger charge is 2.34. The average Bonchev–Trinajstić information content (AvgIpc) is 3.16. The van der Waals surface area contributed by atoms with E-state index in [2.05, 4.69) is 0 Å². The van der Waals surface area contributed by atoms with Crippen molar-refractivity contribution in [3.63, 3.8) is 0 Å². The van der Waals surface area contributed by atoms with Crippen LogP contribution in [0.5, 0.6) is 0 Å². The number of hydrogen-bond acceptors (Lipinski definition) is 3. The molecule has 3 rings (SSSR count). The Morgan fingerprint density at radius 1 is 1.00 bits per heavy atom. The second-order valence-corrected chi connectivity index (χ2v) is 6.44. The van der Waals surface area contributed by atoms with Crippen molar-refractivity contribution < 1.29 is 14.7 Å². The fourth-order valence-electron chi connectivity index (χ4n) is 3.44. The van der Waals surface area contributed by atoms with E-state index < -0.39 is 6.10 Å². The molecule has 25 heavy (non-hydrogen) atoms. The van der Waals surface area contributed by atoms with Crippen molar-refractivity contribution in [2.75, 3.05) is 6.54 Å². The number of benzene rings is 2. The number of rotatable bonds is 6. The van der Waals surface area contributed by atoms with E-state index in [-0.39, 0.29) is 30.6 Å². The van der Waals surface area contributed by atoms with Gasteiger partial charge in [0.25, 0.3) is 0 Å². The number of nitrogens with zero attached hydrogens (tertiary/aromatic N) is 1. The normalized spacial score (nSPS) is 18.1. The van der Waals surface area contributed by atoms with Gasteiger partial charge < -0.3 is 10.0 Å². The number of carbonyl (C=O) groups excluding carboxylic acids is 2. The van der Waals surface area contributed by atoms with E-state index in [4.69, 9.17) is 0 Å². The molecule has 1 aliphatic rings. The predicted octanol–water partition coefficient (Wildman–Crippen LogP) is 3.37. The molecule has 2 atom stereocenters. The van der Waals surface area contributed by atoms with Gasteiger partial charge in [-0.2, -0.15) is 0 Å². The van der Waals surface area contributed by atoms with E-state index in [1.54, 1.807) is 17.0 Å². The molecule has 0 spiro atoms. The minimum Gasteiger partial charge on any atom is -0.386 e. The van der Waals surface area contributed by atoms with Crippen molar-refractivity contribution in [3.8, 4) is 0 Å². The number of hydrogen-bond donors (Lipinski definition) is 1. The first kappa shape index (κ1) is 17.4. The summed E-state index contributed by atoms with van der Waals surface area (Å²) in [5.74, 6) is -0.0740. The fourth-order valence-corrected chi connectivity index (χ4v) is 3.44. The number of aliphatic hydroxyl groups is 1. The van der Waals surface area contributed by atoms with Crippen molar-refractivity contribution in [1.82, 2.24) is 4.90 Å². The van der Waals surface area contributed by atoms with Gasteiger partial charge in [-0.1, -0.05) is 60.7 Å². The maximum absolute atomic E-state index is 12.6. The van der Waals surface area contributed by atoms with E-state index >= 15 is 0 Å². The smallest absolute Gasteiger partial charge is 0.223 e. The molecule has 1 heterocycles. The second kappa shape index (κ2) is 8.08. The van der Waals surface area contributed by atoms with Gasteiger partial charge in [0.05, 0.1) is 12.1 Å². The summed E-state index contributed by atoms with van der Waals surface area (Å²) >= 11 is 0. The molecule has 0 bridgehead atoms. The number of likely N-dealkylation sites (tertiary alicyclic amines) is 1. The summed E-state index contributed by atoms with van der Waals surface area (Å²) in [6, 6.07) is 18.3. The zero-order valence-electron chi connectivity index (χ0n) is 14.2. The Labute approximate surface area is 148 Å². The highest BCUT2D eigenvalue weighted by atomic mass is 16.3. The molecule has 1 saturated heterocycles. The zero-order chi connectivity index (χ0) is 17.6. The van der Waals surface area contributed by atoms with E-state index in [1.807, 2.05) is 48.5 Å². The quantitative estimate of drug-likeness (QED) is 0.822. The monoisotopic (exact) mass is 337 g/mol. The van der Waals surface area contributed by atoms with Crippen molar-refractivity contribution in [3.05, 3.63) is 71.8 Å². The third kappa shape index (κ3) is 4.15. The van der Waals surface area contributed by atoms with Gasteiger partial charge in [-0.05, 0) is 18.4 Å². The second-order valence-electron chi connectivity index (χ2n) is 6.44. The van der Waals surface area contributed by atoms with E-state index in [0.29, 0.717) is 12.1 Å². The molecule has 1 amide bonds. The summed E-state index contributed by atoms with van der Waals surface area (Å²) < 4.78 is 0. The molecule has 0 unspecified atom stereocenters. The van der Waals surface area contributed by atoms with Crippen LogP contribution in [0.1, 0.15) is 47.7 Å². The molecule has 1 fully saturated rings. The third-order valence-corrected chi connectivity index (χ3v) is 4.79. The van der Waals surface area contributed by atoms with E-state index in [9.17, 15) is 14.7 Å². The van der Waals surface area contributed by atoms with Crippen molar-refractivity contribution in [2.45, 2.75) is 37.8 Å². The zero-order valence-corrected chi connectivity index (χ0v) is 14.2. The summed E-state index contributed by atoms with van der Waals surface area (Å²) in [7, 11) is 0. The van der Waals surface area contributed by atoms with Crippen LogP contribution in [0.3, 0.4) is 0 Å². The van der Waals surface area contributed by atoms with Crippen LogP contribution < -0.4 is 0 Å². The topological polar surface area (TPSA) is 57.6 Å². The molecule has 0 aromatic heterocycles. The SMILES string of the molecule is O=C(CCC(=O)N1CCC[C@H]1[C@H](O)c1ccccc1)c1ccccc1.